The number of aromatic nitrogens is 2. The molecule has 1 N–H and O–H groups in total. The third kappa shape index (κ3) is 2.24. The fraction of sp³-hybridized carbons (Fsp3) is 0.467. The van der Waals surface area contributed by atoms with Crippen molar-refractivity contribution in [2.45, 2.75) is 23.7 Å². The minimum Gasteiger partial charge on any atom is -0.339 e. The van der Waals surface area contributed by atoms with Crippen LogP contribution >= 0.6 is 0 Å². The van der Waals surface area contributed by atoms with Crippen LogP contribution in [-0.4, -0.2) is 37.9 Å². The van der Waals surface area contributed by atoms with Crippen molar-refractivity contribution in [1.29, 1.82) is 0 Å². The zero-order valence-corrected chi connectivity index (χ0v) is 13.1. The Hall–Kier alpha value is -1.73. The molecule has 2 fully saturated rings. The fourth-order valence-corrected chi connectivity index (χ4v) is 3.91. The lowest BCUT2D eigenvalue weighted by molar-refractivity contribution is 0.364. The van der Waals surface area contributed by atoms with Gasteiger partial charge in [-0.15, -0.1) is 0 Å². The van der Waals surface area contributed by atoms with E-state index in [0.717, 1.165) is 25.1 Å². The summed E-state index contributed by atoms with van der Waals surface area (Å²) >= 11 is 0. The molecule has 116 valence electrons. The van der Waals surface area contributed by atoms with Gasteiger partial charge in [0.2, 0.25) is 11.7 Å². The van der Waals surface area contributed by atoms with Crippen LogP contribution in [0.5, 0.6) is 0 Å². The van der Waals surface area contributed by atoms with Gasteiger partial charge in [-0.2, -0.15) is 4.98 Å². The number of nitrogens with zero attached hydrogens (tertiary/aromatic N) is 2. The van der Waals surface area contributed by atoms with E-state index in [4.69, 9.17) is 4.52 Å². The van der Waals surface area contributed by atoms with Gasteiger partial charge in [-0.25, -0.2) is 8.42 Å². The van der Waals surface area contributed by atoms with Crippen molar-refractivity contribution in [3.63, 3.8) is 0 Å². The molecule has 0 radical (unpaired) electrons. The molecule has 2 unspecified atom stereocenters. The van der Waals surface area contributed by atoms with Crippen LogP contribution < -0.4 is 5.32 Å². The molecule has 1 aromatic heterocycles. The van der Waals surface area contributed by atoms with Crippen LogP contribution in [0.2, 0.25) is 0 Å². The maximum Gasteiger partial charge on any atom is 0.230 e. The maximum absolute atomic E-state index is 11.5. The quantitative estimate of drug-likeness (QED) is 0.925. The van der Waals surface area contributed by atoms with E-state index in [1.165, 1.54) is 12.7 Å². The van der Waals surface area contributed by atoms with Crippen LogP contribution in [0.15, 0.2) is 33.7 Å². The van der Waals surface area contributed by atoms with Gasteiger partial charge in [-0.05, 0) is 49.1 Å². The first-order valence-corrected chi connectivity index (χ1v) is 9.22. The third-order valence-electron chi connectivity index (χ3n) is 4.75. The van der Waals surface area contributed by atoms with Gasteiger partial charge in [0.1, 0.15) is 0 Å². The molecule has 1 spiro atoms. The number of benzene rings is 1. The van der Waals surface area contributed by atoms with E-state index in [2.05, 4.69) is 15.5 Å². The monoisotopic (exact) mass is 319 g/mol. The van der Waals surface area contributed by atoms with Gasteiger partial charge in [-0.3, -0.25) is 0 Å². The molecule has 7 heteroatoms. The summed E-state index contributed by atoms with van der Waals surface area (Å²) in [7, 11) is -3.19. The van der Waals surface area contributed by atoms with E-state index in [9.17, 15) is 8.42 Å². The zero-order valence-electron chi connectivity index (χ0n) is 12.2. The molecule has 1 aliphatic heterocycles. The van der Waals surface area contributed by atoms with Gasteiger partial charge in [0, 0.05) is 24.3 Å². The molecule has 0 amide bonds. The Morgan fingerprint density at radius 1 is 1.32 bits per heavy atom. The first-order chi connectivity index (χ1) is 10.5. The number of nitrogens with one attached hydrogen (secondary N) is 1. The van der Waals surface area contributed by atoms with E-state index in [1.54, 1.807) is 24.3 Å². The first-order valence-electron chi connectivity index (χ1n) is 7.33. The molecule has 6 nitrogen and oxygen atoms in total. The SMILES string of the molecule is CS(=O)(=O)c1ccc(-c2noc(C3CC34CCNC4)n2)cc1. The lowest BCUT2D eigenvalue weighted by Crippen LogP contribution is -2.10. The molecular formula is C15H17N3O3S. The minimum absolute atomic E-state index is 0.290. The van der Waals surface area contributed by atoms with Crippen LogP contribution in [0.4, 0.5) is 0 Å². The second kappa shape index (κ2) is 4.63. The molecule has 1 saturated heterocycles. The topological polar surface area (TPSA) is 85.1 Å². The Labute approximate surface area is 128 Å². The lowest BCUT2D eigenvalue weighted by Gasteiger charge is -2.02. The summed E-state index contributed by atoms with van der Waals surface area (Å²) in [4.78, 5) is 4.79. The van der Waals surface area contributed by atoms with Crippen molar-refractivity contribution in [3.05, 3.63) is 30.2 Å². The van der Waals surface area contributed by atoms with E-state index in [0.29, 0.717) is 23.0 Å². The highest BCUT2D eigenvalue weighted by molar-refractivity contribution is 7.90. The predicted molar refractivity (Wildman–Crippen MR) is 80.1 cm³/mol. The van der Waals surface area contributed by atoms with Crippen LogP contribution in [0.1, 0.15) is 24.7 Å². The van der Waals surface area contributed by atoms with Crippen molar-refractivity contribution in [2.75, 3.05) is 19.3 Å². The van der Waals surface area contributed by atoms with E-state index in [1.807, 2.05) is 0 Å². The first kappa shape index (κ1) is 13.9. The highest BCUT2D eigenvalue weighted by Crippen LogP contribution is 2.62. The Balaban J connectivity index is 1.57. The highest BCUT2D eigenvalue weighted by Gasteiger charge is 2.58. The molecule has 1 aliphatic carbocycles. The van der Waals surface area contributed by atoms with Gasteiger partial charge in [-0.1, -0.05) is 5.16 Å². The van der Waals surface area contributed by atoms with E-state index >= 15 is 0 Å². The summed E-state index contributed by atoms with van der Waals surface area (Å²) < 4.78 is 28.4. The average Bonchev–Trinajstić information content (AvgIpc) is 2.86. The van der Waals surface area contributed by atoms with Crippen molar-refractivity contribution in [2.24, 2.45) is 5.41 Å². The fourth-order valence-electron chi connectivity index (χ4n) is 3.28. The molecule has 0 bridgehead atoms. The molecule has 2 heterocycles. The highest BCUT2D eigenvalue weighted by atomic mass is 32.2. The standard InChI is InChI=1S/C15H17N3O3S/c1-22(19,20)11-4-2-10(3-5-11)13-17-14(21-18-13)12-8-15(12)6-7-16-9-15/h2-5,12,16H,6-9H2,1H3. The molecule has 2 aromatic rings. The maximum atomic E-state index is 11.5. The largest absolute Gasteiger partial charge is 0.339 e. The second-order valence-electron chi connectivity index (χ2n) is 6.30. The summed E-state index contributed by atoms with van der Waals surface area (Å²) in [6.45, 7) is 2.09. The zero-order chi connectivity index (χ0) is 15.4. The Morgan fingerprint density at radius 2 is 2.09 bits per heavy atom. The molecule has 1 aromatic carbocycles. The number of hydrogen-bond donors (Lipinski definition) is 1. The third-order valence-corrected chi connectivity index (χ3v) is 5.88. The lowest BCUT2D eigenvalue weighted by atomic mass is 10.0. The van der Waals surface area contributed by atoms with Crippen molar-refractivity contribution < 1.29 is 12.9 Å². The van der Waals surface area contributed by atoms with Crippen LogP contribution in [0, 0.1) is 5.41 Å². The Kier molecular flexibility index (Phi) is 2.93. The van der Waals surface area contributed by atoms with Gasteiger partial charge in [0.15, 0.2) is 9.84 Å². The normalized spacial score (nSPS) is 27.4. The molecule has 1 saturated carbocycles. The number of rotatable bonds is 3. The van der Waals surface area contributed by atoms with E-state index in [-0.39, 0.29) is 4.90 Å². The predicted octanol–water partition coefficient (Wildman–Crippen LogP) is 1.61. The Morgan fingerprint density at radius 3 is 2.73 bits per heavy atom. The summed E-state index contributed by atoms with van der Waals surface area (Å²) in [5.74, 6) is 1.58. The van der Waals surface area contributed by atoms with Crippen LogP contribution in [-0.2, 0) is 9.84 Å². The molecule has 2 aliphatic rings. The van der Waals surface area contributed by atoms with Gasteiger partial charge < -0.3 is 9.84 Å². The summed E-state index contributed by atoms with van der Waals surface area (Å²) in [5, 5.41) is 7.42. The molecule has 4 rings (SSSR count). The minimum atomic E-state index is -3.19. The van der Waals surface area contributed by atoms with Gasteiger partial charge in [0.05, 0.1) is 4.90 Å². The second-order valence-corrected chi connectivity index (χ2v) is 8.31. The van der Waals surface area contributed by atoms with Crippen LogP contribution in [0.25, 0.3) is 11.4 Å². The molecule has 2 atom stereocenters. The number of sulfone groups is 1. The van der Waals surface area contributed by atoms with E-state index < -0.39 is 9.84 Å². The smallest absolute Gasteiger partial charge is 0.230 e. The summed E-state index contributed by atoms with van der Waals surface area (Å²) in [6, 6.07) is 6.57. The summed E-state index contributed by atoms with van der Waals surface area (Å²) in [5.41, 5.74) is 1.09. The average molecular weight is 319 g/mol. The van der Waals surface area contributed by atoms with Crippen molar-refractivity contribution in [3.8, 4) is 11.4 Å². The van der Waals surface area contributed by atoms with Gasteiger partial charge in [0.25, 0.3) is 0 Å². The Bertz CT molecular complexity index is 805. The number of hydrogen-bond acceptors (Lipinski definition) is 6. The molecule has 22 heavy (non-hydrogen) atoms. The van der Waals surface area contributed by atoms with Crippen molar-refractivity contribution in [1.82, 2.24) is 15.5 Å². The van der Waals surface area contributed by atoms with Crippen molar-refractivity contribution >= 4 is 9.84 Å². The van der Waals surface area contributed by atoms with Gasteiger partial charge >= 0.3 is 0 Å². The summed E-state index contributed by atoms with van der Waals surface area (Å²) in [6.07, 6.45) is 3.46. The van der Waals surface area contributed by atoms with Crippen LogP contribution in [0.3, 0.4) is 0 Å². The molecular weight excluding hydrogens is 302 g/mol.